The van der Waals surface area contributed by atoms with Gasteiger partial charge >= 0.3 is 0 Å². The van der Waals surface area contributed by atoms with Crippen LogP contribution in [0.5, 0.6) is 23.1 Å². The summed E-state index contributed by atoms with van der Waals surface area (Å²) in [6.45, 7) is 0. The molecule has 23 heavy (non-hydrogen) atoms. The summed E-state index contributed by atoms with van der Waals surface area (Å²) in [5, 5.41) is 0. The van der Waals surface area contributed by atoms with Crippen LogP contribution in [-0.4, -0.2) is 10.9 Å². The van der Waals surface area contributed by atoms with Crippen molar-refractivity contribution < 1.29 is 14.3 Å². The molecule has 1 heterocycles. The van der Waals surface area contributed by atoms with Gasteiger partial charge in [-0.3, -0.25) is 4.79 Å². The van der Waals surface area contributed by atoms with E-state index in [1.54, 1.807) is 54.7 Å². The monoisotopic (exact) mass is 306 g/mol. The fraction of sp³-hybridized carbons (Fsp3) is 0. The molecular formula is C18H14N2O3. The molecule has 5 nitrogen and oxygen atoms in total. The van der Waals surface area contributed by atoms with Crippen LogP contribution < -0.4 is 15.2 Å². The Morgan fingerprint density at radius 3 is 2.35 bits per heavy atom. The van der Waals surface area contributed by atoms with Crippen molar-refractivity contribution >= 4 is 5.91 Å². The number of aromatic nitrogens is 1. The number of rotatable bonds is 5. The van der Waals surface area contributed by atoms with E-state index in [4.69, 9.17) is 15.2 Å². The Labute approximate surface area is 133 Å². The van der Waals surface area contributed by atoms with Gasteiger partial charge in [0, 0.05) is 12.3 Å². The maximum Gasteiger partial charge on any atom is 0.252 e. The lowest BCUT2D eigenvalue weighted by Gasteiger charge is -2.14. The first-order valence-corrected chi connectivity index (χ1v) is 6.98. The normalized spacial score (nSPS) is 10.1. The first-order valence-electron chi connectivity index (χ1n) is 6.98. The molecule has 2 aromatic carbocycles. The number of benzene rings is 2. The molecule has 1 aromatic heterocycles. The van der Waals surface area contributed by atoms with Crippen LogP contribution in [0.25, 0.3) is 0 Å². The molecule has 0 unspecified atom stereocenters. The van der Waals surface area contributed by atoms with Crippen molar-refractivity contribution in [3.05, 3.63) is 78.5 Å². The summed E-state index contributed by atoms with van der Waals surface area (Å²) < 4.78 is 11.5. The Bertz CT molecular complexity index is 805. The van der Waals surface area contributed by atoms with Gasteiger partial charge in [0.25, 0.3) is 5.91 Å². The summed E-state index contributed by atoms with van der Waals surface area (Å²) in [7, 11) is 0. The fourth-order valence-corrected chi connectivity index (χ4v) is 2.02. The van der Waals surface area contributed by atoms with Gasteiger partial charge < -0.3 is 15.2 Å². The number of hydrogen-bond acceptors (Lipinski definition) is 4. The Kier molecular flexibility index (Phi) is 4.20. The van der Waals surface area contributed by atoms with Crippen LogP contribution in [-0.2, 0) is 0 Å². The van der Waals surface area contributed by atoms with E-state index in [1.165, 1.54) is 0 Å². The highest BCUT2D eigenvalue weighted by atomic mass is 16.5. The molecule has 0 atom stereocenters. The number of nitrogens with zero attached hydrogens (tertiary/aromatic N) is 1. The van der Waals surface area contributed by atoms with Gasteiger partial charge in [-0.05, 0) is 30.3 Å². The molecule has 0 aliphatic heterocycles. The van der Waals surface area contributed by atoms with Crippen LogP contribution in [0.4, 0.5) is 0 Å². The van der Waals surface area contributed by atoms with E-state index < -0.39 is 5.91 Å². The minimum Gasteiger partial charge on any atom is -0.453 e. The average Bonchev–Trinajstić information content (AvgIpc) is 2.58. The highest BCUT2D eigenvalue weighted by molar-refractivity contribution is 5.96. The standard InChI is InChI=1S/C18H14N2O3/c19-18(21)14-9-6-10-15(23-16-11-4-5-12-20-16)17(14)22-13-7-2-1-3-8-13/h1-12H,(H2,19,21). The molecule has 3 aromatic rings. The Balaban J connectivity index is 2.01. The third-order valence-electron chi connectivity index (χ3n) is 3.06. The van der Waals surface area contributed by atoms with Crippen molar-refractivity contribution in [2.75, 3.05) is 0 Å². The summed E-state index contributed by atoms with van der Waals surface area (Å²) in [4.78, 5) is 15.8. The number of amides is 1. The smallest absolute Gasteiger partial charge is 0.252 e. The van der Waals surface area contributed by atoms with E-state index in [1.807, 2.05) is 18.2 Å². The molecule has 3 rings (SSSR count). The van der Waals surface area contributed by atoms with Crippen LogP contribution in [0.2, 0.25) is 0 Å². The number of hydrogen-bond donors (Lipinski definition) is 1. The maximum atomic E-state index is 11.7. The molecule has 0 radical (unpaired) electrons. The Morgan fingerprint density at radius 1 is 0.870 bits per heavy atom. The number of ether oxygens (including phenoxy) is 2. The maximum absolute atomic E-state index is 11.7. The van der Waals surface area contributed by atoms with Gasteiger partial charge in [-0.2, -0.15) is 0 Å². The topological polar surface area (TPSA) is 74.4 Å². The van der Waals surface area contributed by atoms with Crippen LogP contribution in [0.1, 0.15) is 10.4 Å². The number of carbonyl (C=O) groups is 1. The first-order chi connectivity index (χ1) is 11.2. The quantitative estimate of drug-likeness (QED) is 0.778. The number of carbonyl (C=O) groups excluding carboxylic acids is 1. The van der Waals surface area contributed by atoms with Crippen LogP contribution in [0.15, 0.2) is 72.9 Å². The van der Waals surface area contributed by atoms with Crippen LogP contribution in [0.3, 0.4) is 0 Å². The predicted molar refractivity (Wildman–Crippen MR) is 85.8 cm³/mol. The molecule has 5 heteroatoms. The first kappa shape index (κ1) is 14.6. The third kappa shape index (κ3) is 3.47. The van der Waals surface area contributed by atoms with Crippen molar-refractivity contribution in [1.29, 1.82) is 0 Å². The zero-order chi connectivity index (χ0) is 16.1. The number of nitrogens with two attached hydrogens (primary N) is 1. The number of pyridine rings is 1. The van der Waals surface area contributed by atoms with Crippen molar-refractivity contribution in [2.24, 2.45) is 5.73 Å². The van der Waals surface area contributed by atoms with E-state index in [0.717, 1.165) is 0 Å². The average molecular weight is 306 g/mol. The van der Waals surface area contributed by atoms with E-state index >= 15 is 0 Å². The second-order valence-corrected chi connectivity index (χ2v) is 4.68. The second kappa shape index (κ2) is 6.62. The molecule has 0 aliphatic rings. The molecule has 0 fully saturated rings. The molecule has 0 aliphatic carbocycles. The molecule has 0 bridgehead atoms. The largest absolute Gasteiger partial charge is 0.453 e. The summed E-state index contributed by atoms with van der Waals surface area (Å²) in [6, 6.07) is 19.4. The van der Waals surface area contributed by atoms with Crippen molar-refractivity contribution in [1.82, 2.24) is 4.98 Å². The lowest BCUT2D eigenvalue weighted by Crippen LogP contribution is -2.12. The number of primary amides is 1. The molecule has 0 saturated heterocycles. The summed E-state index contributed by atoms with van der Waals surface area (Å²) in [5.41, 5.74) is 5.68. The van der Waals surface area contributed by atoms with Crippen LogP contribution in [0, 0.1) is 0 Å². The third-order valence-corrected chi connectivity index (χ3v) is 3.06. The highest BCUT2D eigenvalue weighted by Gasteiger charge is 2.17. The van der Waals surface area contributed by atoms with E-state index in [9.17, 15) is 4.79 Å². The van der Waals surface area contributed by atoms with Crippen molar-refractivity contribution in [3.8, 4) is 23.1 Å². The second-order valence-electron chi connectivity index (χ2n) is 4.68. The minimum atomic E-state index is -0.595. The molecule has 2 N–H and O–H groups in total. The van der Waals surface area contributed by atoms with Crippen molar-refractivity contribution in [3.63, 3.8) is 0 Å². The van der Waals surface area contributed by atoms with E-state index in [-0.39, 0.29) is 11.3 Å². The molecule has 1 amide bonds. The highest BCUT2D eigenvalue weighted by Crippen LogP contribution is 2.37. The molecule has 0 saturated carbocycles. The van der Waals surface area contributed by atoms with Gasteiger partial charge in [-0.15, -0.1) is 0 Å². The summed E-state index contributed by atoms with van der Waals surface area (Å²) in [5.74, 6) is 1.00. The molecular weight excluding hydrogens is 292 g/mol. The van der Waals surface area contributed by atoms with Gasteiger partial charge in [0.1, 0.15) is 5.75 Å². The Morgan fingerprint density at radius 2 is 1.65 bits per heavy atom. The predicted octanol–water partition coefficient (Wildman–Crippen LogP) is 3.77. The SMILES string of the molecule is NC(=O)c1cccc(Oc2ccccn2)c1Oc1ccccc1. The van der Waals surface area contributed by atoms with Crippen molar-refractivity contribution in [2.45, 2.75) is 0 Å². The molecule has 114 valence electrons. The van der Waals surface area contributed by atoms with E-state index in [2.05, 4.69) is 4.98 Å². The zero-order valence-electron chi connectivity index (χ0n) is 12.2. The lowest BCUT2D eigenvalue weighted by atomic mass is 10.1. The van der Waals surface area contributed by atoms with Gasteiger partial charge in [0.05, 0.1) is 5.56 Å². The number of para-hydroxylation sites is 2. The van der Waals surface area contributed by atoms with Gasteiger partial charge in [-0.25, -0.2) is 4.98 Å². The summed E-state index contributed by atoms with van der Waals surface area (Å²) in [6.07, 6.45) is 1.62. The zero-order valence-corrected chi connectivity index (χ0v) is 12.2. The summed E-state index contributed by atoms with van der Waals surface area (Å²) >= 11 is 0. The van der Waals surface area contributed by atoms with Gasteiger partial charge in [-0.1, -0.05) is 30.3 Å². The minimum absolute atomic E-state index is 0.238. The van der Waals surface area contributed by atoms with Gasteiger partial charge in [0.2, 0.25) is 5.88 Å². The van der Waals surface area contributed by atoms with Gasteiger partial charge in [0.15, 0.2) is 11.5 Å². The van der Waals surface area contributed by atoms with E-state index in [0.29, 0.717) is 17.4 Å². The fourth-order valence-electron chi connectivity index (χ4n) is 2.02. The molecule has 0 spiro atoms. The Hall–Kier alpha value is -3.34. The lowest BCUT2D eigenvalue weighted by molar-refractivity contribution is 0.0997. The van der Waals surface area contributed by atoms with Crippen LogP contribution >= 0.6 is 0 Å².